The Morgan fingerprint density at radius 1 is 1.33 bits per heavy atom. The van der Waals surface area contributed by atoms with Crippen LogP contribution in [0.1, 0.15) is 29.7 Å². The quantitative estimate of drug-likeness (QED) is 0.760. The van der Waals surface area contributed by atoms with Crippen LogP contribution in [0, 0.1) is 13.8 Å². The van der Waals surface area contributed by atoms with Crippen LogP contribution in [0.25, 0.3) is 0 Å². The van der Waals surface area contributed by atoms with Gasteiger partial charge in [0, 0.05) is 12.6 Å². The lowest BCUT2D eigenvalue weighted by Gasteiger charge is -2.29. The molecule has 2 nitrogen and oxygen atoms in total. The minimum atomic E-state index is 0.223. The van der Waals surface area contributed by atoms with Crippen LogP contribution in [0.15, 0.2) is 18.2 Å². The van der Waals surface area contributed by atoms with E-state index in [4.69, 9.17) is 4.74 Å². The molecule has 2 atom stereocenters. The molecular formula is C13H19NO. The first-order valence-electron chi connectivity index (χ1n) is 5.59. The molecule has 0 amide bonds. The summed E-state index contributed by atoms with van der Waals surface area (Å²) in [4.78, 5) is 0. The van der Waals surface area contributed by atoms with Crippen LogP contribution in [0.4, 0.5) is 0 Å². The van der Waals surface area contributed by atoms with Crippen molar-refractivity contribution in [1.82, 2.24) is 5.32 Å². The molecule has 1 fully saturated rings. The van der Waals surface area contributed by atoms with Gasteiger partial charge >= 0.3 is 0 Å². The van der Waals surface area contributed by atoms with Crippen LogP contribution in [-0.4, -0.2) is 19.2 Å². The third kappa shape index (κ3) is 2.39. The number of benzene rings is 1. The van der Waals surface area contributed by atoms with Gasteiger partial charge in [-0.15, -0.1) is 0 Å². The minimum absolute atomic E-state index is 0.223. The van der Waals surface area contributed by atoms with Crippen molar-refractivity contribution in [2.45, 2.75) is 32.9 Å². The summed E-state index contributed by atoms with van der Waals surface area (Å²) in [6, 6.07) is 7.04. The third-order valence-electron chi connectivity index (χ3n) is 2.98. The van der Waals surface area contributed by atoms with E-state index in [1.165, 1.54) is 16.7 Å². The number of rotatable bonds is 1. The molecule has 1 aliphatic heterocycles. The second-order valence-corrected chi connectivity index (χ2v) is 4.49. The van der Waals surface area contributed by atoms with Crippen molar-refractivity contribution in [3.8, 4) is 0 Å². The van der Waals surface area contributed by atoms with E-state index in [1.807, 2.05) is 0 Å². The topological polar surface area (TPSA) is 21.3 Å². The lowest BCUT2D eigenvalue weighted by atomic mass is 9.99. The minimum Gasteiger partial charge on any atom is -0.371 e. The zero-order chi connectivity index (χ0) is 10.8. The molecule has 0 spiro atoms. The molecule has 1 aliphatic rings. The van der Waals surface area contributed by atoms with Crippen molar-refractivity contribution in [2.75, 3.05) is 13.2 Å². The Labute approximate surface area is 91.6 Å². The van der Waals surface area contributed by atoms with Crippen molar-refractivity contribution < 1.29 is 4.74 Å². The Morgan fingerprint density at radius 2 is 2.13 bits per heavy atom. The largest absolute Gasteiger partial charge is 0.371 e. The van der Waals surface area contributed by atoms with Crippen molar-refractivity contribution in [1.29, 1.82) is 0 Å². The summed E-state index contributed by atoms with van der Waals surface area (Å²) in [7, 11) is 0. The van der Waals surface area contributed by atoms with E-state index in [2.05, 4.69) is 44.3 Å². The van der Waals surface area contributed by atoms with E-state index in [9.17, 15) is 0 Å². The highest BCUT2D eigenvalue weighted by Gasteiger charge is 2.20. The monoisotopic (exact) mass is 205 g/mol. The van der Waals surface area contributed by atoms with Gasteiger partial charge in [0.05, 0.1) is 12.7 Å². The molecule has 1 aromatic carbocycles. The molecule has 0 saturated carbocycles. The molecule has 82 valence electrons. The molecule has 1 heterocycles. The second kappa shape index (κ2) is 4.33. The fraction of sp³-hybridized carbons (Fsp3) is 0.538. The number of nitrogens with one attached hydrogen (secondary N) is 1. The molecule has 2 heteroatoms. The van der Waals surface area contributed by atoms with Crippen molar-refractivity contribution >= 4 is 0 Å². The molecule has 0 aromatic heterocycles. The lowest BCUT2D eigenvalue weighted by molar-refractivity contribution is 0.00659. The third-order valence-corrected chi connectivity index (χ3v) is 2.98. The lowest BCUT2D eigenvalue weighted by Crippen LogP contribution is -2.40. The van der Waals surface area contributed by atoms with Crippen LogP contribution >= 0.6 is 0 Å². The fourth-order valence-corrected chi connectivity index (χ4v) is 1.99. The summed E-state index contributed by atoms with van der Waals surface area (Å²) < 4.78 is 5.85. The van der Waals surface area contributed by atoms with Crippen LogP contribution in [0.5, 0.6) is 0 Å². The van der Waals surface area contributed by atoms with Crippen molar-refractivity contribution in [2.24, 2.45) is 0 Å². The van der Waals surface area contributed by atoms with Gasteiger partial charge in [-0.2, -0.15) is 0 Å². The van der Waals surface area contributed by atoms with Gasteiger partial charge < -0.3 is 10.1 Å². The predicted octanol–water partition coefficient (Wildman–Crippen LogP) is 2.35. The summed E-state index contributed by atoms with van der Waals surface area (Å²) in [5.41, 5.74) is 3.95. The van der Waals surface area contributed by atoms with Crippen LogP contribution in [0.2, 0.25) is 0 Å². The van der Waals surface area contributed by atoms with Crippen molar-refractivity contribution in [3.63, 3.8) is 0 Å². The summed E-state index contributed by atoms with van der Waals surface area (Å²) in [5, 5.41) is 3.45. The van der Waals surface area contributed by atoms with E-state index in [1.54, 1.807) is 0 Å². The van der Waals surface area contributed by atoms with E-state index in [0.29, 0.717) is 6.04 Å². The molecule has 0 bridgehead atoms. The second-order valence-electron chi connectivity index (χ2n) is 4.49. The van der Waals surface area contributed by atoms with Gasteiger partial charge in [-0.3, -0.25) is 0 Å². The van der Waals surface area contributed by atoms with E-state index in [-0.39, 0.29) is 6.10 Å². The standard InChI is InChI=1S/C13H19NO/c1-9-4-5-10(2)12(6-9)13-7-14-11(3)8-15-13/h4-6,11,13-14H,7-8H2,1-3H3. The highest BCUT2D eigenvalue weighted by molar-refractivity contribution is 5.32. The Bertz CT molecular complexity index is 340. The summed E-state index contributed by atoms with van der Waals surface area (Å²) in [6.07, 6.45) is 0.223. The molecule has 2 unspecified atom stereocenters. The summed E-state index contributed by atoms with van der Waals surface area (Å²) in [5.74, 6) is 0. The maximum absolute atomic E-state index is 5.85. The smallest absolute Gasteiger partial charge is 0.0952 e. The van der Waals surface area contributed by atoms with Crippen molar-refractivity contribution in [3.05, 3.63) is 34.9 Å². The molecule has 0 radical (unpaired) electrons. The van der Waals surface area contributed by atoms with E-state index in [0.717, 1.165) is 13.2 Å². The van der Waals surface area contributed by atoms with E-state index < -0.39 is 0 Å². The normalized spacial score (nSPS) is 26.6. The van der Waals surface area contributed by atoms with Gasteiger partial charge in [0.2, 0.25) is 0 Å². The number of hydrogen-bond acceptors (Lipinski definition) is 2. The predicted molar refractivity (Wildman–Crippen MR) is 62.1 cm³/mol. The van der Waals surface area contributed by atoms with Gasteiger partial charge in [-0.25, -0.2) is 0 Å². The average Bonchev–Trinajstić information content (AvgIpc) is 2.23. The van der Waals surface area contributed by atoms with Gasteiger partial charge in [0.25, 0.3) is 0 Å². The number of ether oxygens (including phenoxy) is 1. The maximum Gasteiger partial charge on any atom is 0.0952 e. The first-order valence-corrected chi connectivity index (χ1v) is 5.59. The molecule has 1 N–H and O–H groups in total. The molecule has 2 rings (SSSR count). The summed E-state index contributed by atoms with van der Waals surface area (Å²) in [6.45, 7) is 8.15. The van der Waals surface area contributed by atoms with Gasteiger partial charge in [-0.1, -0.05) is 23.8 Å². The number of aryl methyl sites for hydroxylation is 2. The zero-order valence-electron chi connectivity index (χ0n) is 9.71. The SMILES string of the molecule is Cc1ccc(C)c(C2CNC(C)CO2)c1. The Morgan fingerprint density at radius 3 is 2.80 bits per heavy atom. The first kappa shape index (κ1) is 10.7. The number of morpholine rings is 1. The molecule has 1 aromatic rings. The highest BCUT2D eigenvalue weighted by Crippen LogP contribution is 2.24. The van der Waals surface area contributed by atoms with Crippen LogP contribution in [-0.2, 0) is 4.74 Å². The molecule has 0 aliphatic carbocycles. The Hall–Kier alpha value is -0.860. The maximum atomic E-state index is 5.85. The fourth-order valence-electron chi connectivity index (χ4n) is 1.99. The molecule has 15 heavy (non-hydrogen) atoms. The average molecular weight is 205 g/mol. The Balaban J connectivity index is 2.18. The highest BCUT2D eigenvalue weighted by atomic mass is 16.5. The molecular weight excluding hydrogens is 186 g/mol. The Kier molecular flexibility index (Phi) is 3.08. The first-order chi connectivity index (χ1) is 7.16. The van der Waals surface area contributed by atoms with Gasteiger partial charge in [0.15, 0.2) is 0 Å². The zero-order valence-corrected chi connectivity index (χ0v) is 9.71. The summed E-state index contributed by atoms with van der Waals surface area (Å²) >= 11 is 0. The van der Waals surface area contributed by atoms with Crippen LogP contribution < -0.4 is 5.32 Å². The van der Waals surface area contributed by atoms with E-state index >= 15 is 0 Å². The van der Waals surface area contributed by atoms with Gasteiger partial charge in [-0.05, 0) is 31.9 Å². The molecule has 1 saturated heterocycles. The van der Waals surface area contributed by atoms with Crippen LogP contribution in [0.3, 0.4) is 0 Å². The number of hydrogen-bond donors (Lipinski definition) is 1. The van der Waals surface area contributed by atoms with Gasteiger partial charge in [0.1, 0.15) is 0 Å².